The van der Waals surface area contributed by atoms with Gasteiger partial charge in [-0.05, 0) is 28.8 Å². The van der Waals surface area contributed by atoms with E-state index in [4.69, 9.17) is 14.5 Å². The molecule has 1 aromatic heterocycles. The molecule has 4 aromatic rings. The molecule has 0 aliphatic carbocycles. The molecule has 186 valence electrons. The first-order valence-electron chi connectivity index (χ1n) is 11.9. The molecule has 3 atom stereocenters. The first kappa shape index (κ1) is 24.9. The van der Waals surface area contributed by atoms with Gasteiger partial charge in [0.1, 0.15) is 0 Å². The van der Waals surface area contributed by atoms with Crippen LogP contribution in [0.5, 0.6) is 0 Å². The van der Waals surface area contributed by atoms with Crippen LogP contribution in [0.15, 0.2) is 77.1 Å². The lowest BCUT2D eigenvalue weighted by molar-refractivity contribution is -0.245. The molecule has 2 N–H and O–H groups in total. The first-order chi connectivity index (χ1) is 17.6. The van der Waals surface area contributed by atoms with Crippen molar-refractivity contribution < 1.29 is 19.4 Å². The second-order valence-electron chi connectivity index (χ2n) is 8.76. The Morgan fingerprint density at radius 1 is 1.03 bits per heavy atom. The van der Waals surface area contributed by atoms with Crippen LogP contribution in [0.2, 0.25) is 0 Å². The number of thiazole rings is 1. The number of nitrogens with zero attached hydrogens (tertiary/aromatic N) is 1. The molecule has 0 saturated carbocycles. The third-order valence-corrected chi connectivity index (χ3v) is 8.39. The fourth-order valence-corrected chi connectivity index (χ4v) is 6.23. The summed E-state index contributed by atoms with van der Waals surface area (Å²) in [5, 5.41) is 12.2. The summed E-state index contributed by atoms with van der Waals surface area (Å²) in [6.45, 7) is 2.02. The van der Waals surface area contributed by atoms with Crippen LogP contribution < -0.4 is 5.32 Å². The molecule has 2 heterocycles. The molecule has 8 heteroatoms. The number of carbonyl (C=O) groups is 1. The van der Waals surface area contributed by atoms with Crippen LogP contribution in [-0.4, -0.2) is 27.9 Å². The Kier molecular flexibility index (Phi) is 7.99. The van der Waals surface area contributed by atoms with Crippen molar-refractivity contribution in [1.82, 2.24) is 10.3 Å². The van der Waals surface area contributed by atoms with Gasteiger partial charge in [0.15, 0.2) is 10.6 Å². The van der Waals surface area contributed by atoms with Gasteiger partial charge in [0.2, 0.25) is 5.91 Å². The number of para-hydroxylation sites is 1. The van der Waals surface area contributed by atoms with Crippen LogP contribution in [0.25, 0.3) is 10.2 Å². The Morgan fingerprint density at radius 2 is 1.75 bits per heavy atom. The third-order valence-electron chi connectivity index (χ3n) is 6.08. The molecule has 1 aliphatic heterocycles. The number of benzene rings is 3. The summed E-state index contributed by atoms with van der Waals surface area (Å²) in [4.78, 5) is 16.0. The molecule has 36 heavy (non-hydrogen) atoms. The van der Waals surface area contributed by atoms with Crippen LogP contribution in [0, 0.1) is 0 Å². The summed E-state index contributed by atoms with van der Waals surface area (Å²) in [7, 11) is 0. The van der Waals surface area contributed by atoms with Crippen LogP contribution in [0.1, 0.15) is 48.0 Å². The lowest BCUT2D eigenvalue weighted by atomic mass is 10.0. The quantitative estimate of drug-likeness (QED) is 0.288. The minimum atomic E-state index is -0.503. The van der Waals surface area contributed by atoms with E-state index in [9.17, 15) is 9.90 Å². The topological polar surface area (TPSA) is 80.7 Å². The van der Waals surface area contributed by atoms with E-state index in [1.54, 1.807) is 23.1 Å². The summed E-state index contributed by atoms with van der Waals surface area (Å²) < 4.78 is 15.1. The Hall–Kier alpha value is -2.75. The number of aromatic nitrogens is 1. The molecule has 1 aliphatic rings. The van der Waals surface area contributed by atoms with Crippen molar-refractivity contribution in [1.29, 1.82) is 0 Å². The average molecular weight is 521 g/mol. The highest BCUT2D eigenvalue weighted by molar-refractivity contribution is 8.01. The lowest BCUT2D eigenvalue weighted by Crippen LogP contribution is -2.31. The summed E-state index contributed by atoms with van der Waals surface area (Å²) in [5.74, 6) is 0.715. The zero-order valence-corrected chi connectivity index (χ0v) is 21.6. The monoisotopic (exact) mass is 520 g/mol. The Bertz CT molecular complexity index is 1270. The van der Waals surface area contributed by atoms with Crippen molar-refractivity contribution in [2.75, 3.05) is 5.75 Å². The molecule has 3 aromatic carbocycles. The number of aliphatic hydroxyl groups is 1. The molecule has 6 nitrogen and oxygen atoms in total. The highest BCUT2D eigenvalue weighted by Crippen LogP contribution is 2.40. The Labute approximate surface area is 218 Å². The second-order valence-corrected chi connectivity index (χ2v) is 11.1. The molecule has 1 fully saturated rings. The van der Waals surface area contributed by atoms with Gasteiger partial charge < -0.3 is 19.9 Å². The predicted molar refractivity (Wildman–Crippen MR) is 143 cm³/mol. The van der Waals surface area contributed by atoms with Crippen molar-refractivity contribution in [3.05, 3.63) is 95.1 Å². The zero-order valence-electron chi connectivity index (χ0n) is 19.9. The maximum atomic E-state index is 11.2. The smallest absolute Gasteiger partial charge is 0.217 e. The van der Waals surface area contributed by atoms with Gasteiger partial charge in [-0.25, -0.2) is 4.98 Å². The Morgan fingerprint density at radius 3 is 2.47 bits per heavy atom. The number of thioether (sulfide) groups is 1. The highest BCUT2D eigenvalue weighted by atomic mass is 32.2. The number of hydrogen-bond donors (Lipinski definition) is 2. The molecule has 0 unspecified atom stereocenters. The van der Waals surface area contributed by atoms with Gasteiger partial charge in [-0.15, -0.1) is 11.3 Å². The molecule has 0 bridgehead atoms. The van der Waals surface area contributed by atoms with Crippen LogP contribution in [-0.2, 0) is 27.4 Å². The number of nitrogens with one attached hydrogen (secondary N) is 1. The van der Waals surface area contributed by atoms with Crippen molar-refractivity contribution in [3.8, 4) is 0 Å². The number of rotatable bonds is 8. The number of aliphatic hydroxyl groups excluding tert-OH is 1. The third kappa shape index (κ3) is 6.14. The van der Waals surface area contributed by atoms with Crippen LogP contribution >= 0.6 is 23.1 Å². The fourth-order valence-electron chi connectivity index (χ4n) is 4.12. The van der Waals surface area contributed by atoms with E-state index in [1.165, 1.54) is 11.6 Å². The number of amides is 1. The second kappa shape index (κ2) is 11.5. The SMILES string of the molecule is CC(=O)NCc1ccc([C@H]2O[C@@H](CSc3nc4ccccc4s3)C[C@@H](c3ccc(CO)cc3)O2)cc1. The van der Waals surface area contributed by atoms with Gasteiger partial charge >= 0.3 is 0 Å². The minimum absolute atomic E-state index is 0.0177. The van der Waals surface area contributed by atoms with Crippen LogP contribution in [0.4, 0.5) is 0 Å². The minimum Gasteiger partial charge on any atom is -0.392 e. The number of fused-ring (bicyclic) bond motifs is 1. The van der Waals surface area contributed by atoms with E-state index in [2.05, 4.69) is 11.4 Å². The standard InChI is InChI=1S/C28H28N2O4S2/c1-18(32)29-15-19-6-12-22(13-7-19)27-33-23(14-25(34-27)21-10-8-20(16-31)9-11-21)17-35-28-30-24-4-2-3-5-26(24)36-28/h2-13,23,25,27,31H,14-17H2,1H3,(H,29,32)/t23-,25+,27+/m1/s1. The molecule has 0 radical (unpaired) electrons. The molecule has 0 spiro atoms. The van der Waals surface area contributed by atoms with Crippen LogP contribution in [0.3, 0.4) is 0 Å². The number of hydrogen-bond acceptors (Lipinski definition) is 7. The van der Waals surface area contributed by atoms with E-state index in [0.29, 0.717) is 6.54 Å². The van der Waals surface area contributed by atoms with Gasteiger partial charge in [-0.1, -0.05) is 72.4 Å². The maximum Gasteiger partial charge on any atom is 0.217 e. The van der Waals surface area contributed by atoms with Gasteiger partial charge in [0.05, 0.1) is 29.0 Å². The molecule has 5 rings (SSSR count). The lowest BCUT2D eigenvalue weighted by Gasteiger charge is -2.36. The van der Waals surface area contributed by atoms with Gasteiger partial charge in [0, 0.05) is 31.2 Å². The van der Waals surface area contributed by atoms with Crippen molar-refractivity contribution in [2.24, 2.45) is 0 Å². The average Bonchev–Trinajstić information content (AvgIpc) is 3.34. The molecular formula is C28H28N2O4S2. The fraction of sp³-hybridized carbons (Fsp3) is 0.286. The van der Waals surface area contributed by atoms with E-state index < -0.39 is 6.29 Å². The predicted octanol–water partition coefficient (Wildman–Crippen LogP) is 5.76. The van der Waals surface area contributed by atoms with Crippen molar-refractivity contribution in [2.45, 2.75) is 49.3 Å². The van der Waals surface area contributed by atoms with Gasteiger partial charge in [-0.3, -0.25) is 4.79 Å². The van der Waals surface area contributed by atoms with E-state index >= 15 is 0 Å². The first-order valence-corrected chi connectivity index (χ1v) is 13.7. The number of ether oxygens (including phenoxy) is 2. The summed E-state index contributed by atoms with van der Waals surface area (Å²) in [6, 6.07) is 24.1. The molecule has 1 amide bonds. The van der Waals surface area contributed by atoms with E-state index in [1.807, 2.05) is 66.7 Å². The summed E-state index contributed by atoms with van der Waals surface area (Å²) in [6.07, 6.45) is 0.0731. The summed E-state index contributed by atoms with van der Waals surface area (Å²) in [5.41, 5.74) is 4.92. The highest BCUT2D eigenvalue weighted by Gasteiger charge is 2.32. The molecule has 1 saturated heterocycles. The zero-order chi connectivity index (χ0) is 24.9. The Balaban J connectivity index is 1.32. The van der Waals surface area contributed by atoms with Gasteiger partial charge in [0.25, 0.3) is 0 Å². The normalized spacial score (nSPS) is 19.9. The van der Waals surface area contributed by atoms with E-state index in [-0.39, 0.29) is 24.7 Å². The van der Waals surface area contributed by atoms with E-state index in [0.717, 1.165) is 44.3 Å². The van der Waals surface area contributed by atoms with Gasteiger partial charge in [-0.2, -0.15) is 0 Å². The van der Waals surface area contributed by atoms with Crippen molar-refractivity contribution in [3.63, 3.8) is 0 Å². The van der Waals surface area contributed by atoms with Crippen molar-refractivity contribution >= 4 is 39.2 Å². The number of carbonyl (C=O) groups excluding carboxylic acids is 1. The largest absolute Gasteiger partial charge is 0.392 e. The maximum absolute atomic E-state index is 11.2. The summed E-state index contributed by atoms with van der Waals surface area (Å²) >= 11 is 3.42. The molecular weight excluding hydrogens is 492 g/mol.